The molecular weight excluding hydrogens is 212 g/mol. The highest BCUT2D eigenvalue weighted by molar-refractivity contribution is 7.80. The van der Waals surface area contributed by atoms with Gasteiger partial charge in [-0.2, -0.15) is 12.6 Å². The van der Waals surface area contributed by atoms with Gasteiger partial charge in [0.25, 0.3) is 0 Å². The molecule has 1 aromatic rings. The molecule has 0 saturated heterocycles. The van der Waals surface area contributed by atoms with Gasteiger partial charge in [0.15, 0.2) is 0 Å². The molecule has 84 valence electrons. The van der Waals surface area contributed by atoms with E-state index in [1.54, 1.807) is 18.3 Å². The number of nitrogens with zero attached hydrogens (tertiary/aromatic N) is 2. The Labute approximate surface area is 95.0 Å². The fraction of sp³-hybridized carbons (Fsp3) is 0.500. The zero-order valence-electron chi connectivity index (χ0n) is 8.83. The molecule has 2 N–H and O–H groups in total. The van der Waals surface area contributed by atoms with E-state index in [1.807, 2.05) is 19.0 Å². The predicted octanol–water partition coefficient (Wildman–Crippen LogP) is 0.472. The van der Waals surface area contributed by atoms with Gasteiger partial charge in [0.1, 0.15) is 11.9 Å². The quantitative estimate of drug-likeness (QED) is 0.656. The van der Waals surface area contributed by atoms with E-state index in [-0.39, 0.29) is 5.75 Å². The normalized spacial score (nSPS) is 14.7. The third-order valence-corrected chi connectivity index (χ3v) is 2.50. The lowest BCUT2D eigenvalue weighted by Gasteiger charge is -2.17. The zero-order valence-corrected chi connectivity index (χ0v) is 9.72. The van der Waals surface area contributed by atoms with Crippen LogP contribution in [0, 0.1) is 0 Å². The molecule has 0 saturated carbocycles. The number of rotatable bonds is 4. The van der Waals surface area contributed by atoms with Gasteiger partial charge in [0.2, 0.25) is 0 Å². The summed E-state index contributed by atoms with van der Waals surface area (Å²) in [6.07, 6.45) is -0.223. The zero-order chi connectivity index (χ0) is 11.4. The molecule has 0 fully saturated rings. The van der Waals surface area contributed by atoms with Gasteiger partial charge in [-0.05, 0) is 6.07 Å². The van der Waals surface area contributed by atoms with Crippen LogP contribution in [-0.2, 0) is 0 Å². The van der Waals surface area contributed by atoms with Gasteiger partial charge >= 0.3 is 0 Å². The van der Waals surface area contributed by atoms with E-state index in [1.165, 1.54) is 0 Å². The summed E-state index contributed by atoms with van der Waals surface area (Å²) in [6.45, 7) is 0. The molecule has 15 heavy (non-hydrogen) atoms. The van der Waals surface area contributed by atoms with Crippen molar-refractivity contribution in [1.29, 1.82) is 0 Å². The average molecular weight is 228 g/mol. The van der Waals surface area contributed by atoms with Gasteiger partial charge in [-0.15, -0.1) is 0 Å². The number of thiol groups is 1. The van der Waals surface area contributed by atoms with Crippen LogP contribution in [0.3, 0.4) is 0 Å². The van der Waals surface area contributed by atoms with Crippen molar-refractivity contribution < 1.29 is 10.2 Å². The average Bonchev–Trinajstić information content (AvgIpc) is 2.27. The molecule has 0 aliphatic rings. The standard InChI is InChI=1S/C10H16N2O2S/c1-12(2)9-4-3-7(5-11-9)10(14)8(13)6-15/h3-5,8,10,13-15H,6H2,1-2H3. The Hall–Kier alpha value is -0.780. The van der Waals surface area contributed by atoms with Gasteiger partial charge in [0, 0.05) is 31.6 Å². The molecule has 0 amide bonds. The lowest BCUT2D eigenvalue weighted by atomic mass is 10.1. The Kier molecular flexibility index (Phi) is 4.38. The highest BCUT2D eigenvalue weighted by atomic mass is 32.1. The Balaban J connectivity index is 2.79. The number of aliphatic hydroxyl groups excluding tert-OH is 2. The number of pyridine rings is 1. The van der Waals surface area contributed by atoms with Crippen LogP contribution in [0.1, 0.15) is 11.7 Å². The SMILES string of the molecule is CN(C)c1ccc(C(O)C(O)CS)cn1. The Bertz CT molecular complexity index is 303. The Morgan fingerprint density at radius 3 is 2.47 bits per heavy atom. The highest BCUT2D eigenvalue weighted by Crippen LogP contribution is 2.18. The topological polar surface area (TPSA) is 56.6 Å². The second-order valence-corrected chi connectivity index (χ2v) is 3.90. The molecule has 0 spiro atoms. The first-order valence-corrected chi connectivity index (χ1v) is 5.29. The minimum Gasteiger partial charge on any atom is -0.389 e. The molecule has 0 aliphatic carbocycles. The van der Waals surface area contributed by atoms with E-state index in [0.717, 1.165) is 5.82 Å². The van der Waals surface area contributed by atoms with Crippen molar-refractivity contribution in [3.63, 3.8) is 0 Å². The second-order valence-electron chi connectivity index (χ2n) is 3.54. The van der Waals surface area contributed by atoms with E-state index in [9.17, 15) is 10.2 Å². The first kappa shape index (κ1) is 12.3. The summed E-state index contributed by atoms with van der Waals surface area (Å²) in [5.74, 6) is 1.03. The lowest BCUT2D eigenvalue weighted by Crippen LogP contribution is -2.20. The first-order chi connectivity index (χ1) is 7.06. The second kappa shape index (κ2) is 5.34. The van der Waals surface area contributed by atoms with Crippen molar-refractivity contribution in [2.24, 2.45) is 0 Å². The summed E-state index contributed by atoms with van der Waals surface area (Å²) < 4.78 is 0. The number of aromatic nitrogens is 1. The van der Waals surface area contributed by atoms with E-state index < -0.39 is 12.2 Å². The fourth-order valence-electron chi connectivity index (χ4n) is 1.16. The molecule has 0 aliphatic heterocycles. The number of hydrogen-bond acceptors (Lipinski definition) is 5. The molecule has 5 heteroatoms. The largest absolute Gasteiger partial charge is 0.389 e. The molecule has 0 radical (unpaired) electrons. The molecule has 1 heterocycles. The van der Waals surface area contributed by atoms with Crippen molar-refractivity contribution >= 4 is 18.4 Å². The maximum absolute atomic E-state index is 9.67. The molecule has 1 rings (SSSR count). The predicted molar refractivity (Wildman–Crippen MR) is 63.4 cm³/mol. The molecule has 2 unspecified atom stereocenters. The minimum atomic E-state index is -0.925. The monoisotopic (exact) mass is 228 g/mol. The van der Waals surface area contributed by atoms with Gasteiger partial charge in [-0.25, -0.2) is 4.98 Å². The summed E-state index contributed by atoms with van der Waals surface area (Å²) in [6, 6.07) is 3.55. The lowest BCUT2D eigenvalue weighted by molar-refractivity contribution is 0.0335. The third-order valence-electron chi connectivity index (χ3n) is 2.12. The van der Waals surface area contributed by atoms with Gasteiger partial charge in [0.05, 0.1) is 6.10 Å². The molecule has 0 bridgehead atoms. The molecular formula is C10H16N2O2S. The summed E-state index contributed by atoms with van der Waals surface area (Å²) in [4.78, 5) is 6.01. The van der Waals surface area contributed by atoms with Crippen LogP contribution in [0.25, 0.3) is 0 Å². The summed E-state index contributed by atoms with van der Waals surface area (Å²) in [7, 11) is 3.78. The number of aliphatic hydroxyl groups is 2. The van der Waals surface area contributed by atoms with E-state index >= 15 is 0 Å². The van der Waals surface area contributed by atoms with Crippen LogP contribution in [0.2, 0.25) is 0 Å². The maximum Gasteiger partial charge on any atom is 0.127 e. The van der Waals surface area contributed by atoms with Crippen LogP contribution in [-0.4, -0.2) is 41.1 Å². The minimum absolute atomic E-state index is 0.219. The highest BCUT2D eigenvalue weighted by Gasteiger charge is 2.16. The molecule has 0 aromatic carbocycles. The van der Waals surface area contributed by atoms with Crippen molar-refractivity contribution in [1.82, 2.24) is 4.98 Å². The Morgan fingerprint density at radius 2 is 2.07 bits per heavy atom. The third kappa shape index (κ3) is 3.09. The Morgan fingerprint density at radius 1 is 1.40 bits per heavy atom. The molecule has 2 atom stereocenters. The van der Waals surface area contributed by atoms with Gasteiger partial charge < -0.3 is 15.1 Å². The summed E-state index contributed by atoms with van der Waals surface area (Å²) in [5, 5.41) is 19.1. The summed E-state index contributed by atoms with van der Waals surface area (Å²) in [5.41, 5.74) is 0.599. The van der Waals surface area contributed by atoms with Crippen molar-refractivity contribution in [3.05, 3.63) is 23.9 Å². The van der Waals surface area contributed by atoms with E-state index in [4.69, 9.17) is 0 Å². The van der Waals surface area contributed by atoms with Crippen molar-refractivity contribution in [2.45, 2.75) is 12.2 Å². The molecule has 1 aromatic heterocycles. The maximum atomic E-state index is 9.67. The van der Waals surface area contributed by atoms with Crippen LogP contribution >= 0.6 is 12.6 Å². The number of anilines is 1. The van der Waals surface area contributed by atoms with Crippen LogP contribution in [0.15, 0.2) is 18.3 Å². The van der Waals surface area contributed by atoms with Crippen LogP contribution < -0.4 is 4.90 Å². The number of hydrogen-bond donors (Lipinski definition) is 3. The summed E-state index contributed by atoms with van der Waals surface area (Å²) >= 11 is 3.92. The van der Waals surface area contributed by atoms with Gasteiger partial charge in [-0.3, -0.25) is 0 Å². The van der Waals surface area contributed by atoms with E-state index in [0.29, 0.717) is 5.56 Å². The van der Waals surface area contributed by atoms with Crippen LogP contribution in [0.5, 0.6) is 0 Å². The van der Waals surface area contributed by atoms with Gasteiger partial charge in [-0.1, -0.05) is 6.07 Å². The van der Waals surface area contributed by atoms with Crippen LogP contribution in [0.4, 0.5) is 5.82 Å². The van der Waals surface area contributed by atoms with Crippen molar-refractivity contribution in [2.75, 3.05) is 24.7 Å². The van der Waals surface area contributed by atoms with E-state index in [2.05, 4.69) is 17.6 Å². The molecule has 4 nitrogen and oxygen atoms in total. The van der Waals surface area contributed by atoms with Crippen molar-refractivity contribution in [3.8, 4) is 0 Å². The fourth-order valence-corrected chi connectivity index (χ4v) is 1.36. The first-order valence-electron chi connectivity index (χ1n) is 4.66. The smallest absolute Gasteiger partial charge is 0.127 e.